The summed E-state index contributed by atoms with van der Waals surface area (Å²) in [5.41, 5.74) is 1.29. The molecule has 0 aliphatic carbocycles. The maximum absolute atomic E-state index is 11.0. The van der Waals surface area contributed by atoms with Gasteiger partial charge in [0.15, 0.2) is 0 Å². The van der Waals surface area contributed by atoms with Crippen LogP contribution in [-0.4, -0.2) is 29.1 Å². The van der Waals surface area contributed by atoms with E-state index in [1.54, 1.807) is 0 Å². The van der Waals surface area contributed by atoms with Crippen LogP contribution in [0.4, 0.5) is 0 Å². The second kappa shape index (κ2) is 5.32. The highest BCUT2D eigenvalue weighted by molar-refractivity contribution is 5.70. The number of likely N-dealkylation sites (tertiary alicyclic amines) is 1. The molecule has 0 unspecified atom stereocenters. The van der Waals surface area contributed by atoms with E-state index in [2.05, 4.69) is 24.0 Å². The molecule has 2 atom stereocenters. The van der Waals surface area contributed by atoms with Gasteiger partial charge < -0.3 is 5.11 Å². The first-order chi connectivity index (χ1) is 8.22. The van der Waals surface area contributed by atoms with Gasteiger partial charge in [-0.2, -0.15) is 0 Å². The number of rotatable bonds is 4. The van der Waals surface area contributed by atoms with Crippen LogP contribution in [-0.2, 0) is 4.79 Å². The average molecular weight is 233 g/mol. The lowest BCUT2D eigenvalue weighted by Crippen LogP contribution is -2.27. The summed E-state index contributed by atoms with van der Waals surface area (Å²) in [6.07, 6.45) is 1.80. The molecule has 0 spiro atoms. The third kappa shape index (κ3) is 2.67. The van der Waals surface area contributed by atoms with Crippen molar-refractivity contribution in [1.29, 1.82) is 0 Å². The van der Waals surface area contributed by atoms with Crippen LogP contribution in [0.2, 0.25) is 0 Å². The summed E-state index contributed by atoms with van der Waals surface area (Å²) in [6.45, 7) is 3.73. The van der Waals surface area contributed by atoms with Crippen molar-refractivity contribution in [2.45, 2.75) is 25.8 Å². The highest BCUT2D eigenvalue weighted by atomic mass is 16.4. The first-order valence-corrected chi connectivity index (χ1v) is 6.24. The zero-order valence-electron chi connectivity index (χ0n) is 10.2. The van der Waals surface area contributed by atoms with E-state index >= 15 is 0 Å². The molecule has 1 N–H and O–H groups in total. The SMILES string of the molecule is CC[C@@H](c1ccccc1)N1CC[C@@H](C(=O)O)C1. The summed E-state index contributed by atoms with van der Waals surface area (Å²) in [5, 5.41) is 9.03. The van der Waals surface area contributed by atoms with Gasteiger partial charge in [0, 0.05) is 12.6 Å². The predicted molar refractivity (Wildman–Crippen MR) is 66.8 cm³/mol. The minimum atomic E-state index is -0.657. The molecule has 0 amide bonds. The maximum Gasteiger partial charge on any atom is 0.307 e. The number of carboxylic acids is 1. The molecule has 1 aromatic carbocycles. The van der Waals surface area contributed by atoms with Gasteiger partial charge in [-0.05, 0) is 24.9 Å². The van der Waals surface area contributed by atoms with Crippen molar-refractivity contribution < 1.29 is 9.90 Å². The molecule has 1 aromatic rings. The minimum Gasteiger partial charge on any atom is -0.481 e. The van der Waals surface area contributed by atoms with Crippen LogP contribution in [0.15, 0.2) is 30.3 Å². The van der Waals surface area contributed by atoms with Gasteiger partial charge in [-0.15, -0.1) is 0 Å². The lowest BCUT2D eigenvalue weighted by atomic mass is 10.0. The number of benzene rings is 1. The number of carbonyl (C=O) groups is 1. The predicted octanol–water partition coefficient (Wildman–Crippen LogP) is 2.54. The largest absolute Gasteiger partial charge is 0.481 e. The van der Waals surface area contributed by atoms with Gasteiger partial charge in [-0.3, -0.25) is 9.69 Å². The highest BCUT2D eigenvalue weighted by Gasteiger charge is 2.31. The van der Waals surface area contributed by atoms with Gasteiger partial charge in [-0.25, -0.2) is 0 Å². The van der Waals surface area contributed by atoms with Crippen molar-refractivity contribution in [3.8, 4) is 0 Å². The lowest BCUT2D eigenvalue weighted by Gasteiger charge is -2.27. The highest BCUT2D eigenvalue weighted by Crippen LogP contribution is 2.29. The Bertz CT molecular complexity index is 377. The standard InChI is InChI=1S/C14H19NO2/c1-2-13(11-6-4-3-5-7-11)15-9-8-12(10-15)14(16)17/h3-7,12-13H,2,8-10H2,1H3,(H,16,17)/t12-,13+/m1/s1. The Kier molecular flexibility index (Phi) is 3.79. The van der Waals surface area contributed by atoms with E-state index in [1.165, 1.54) is 5.56 Å². The monoisotopic (exact) mass is 233 g/mol. The molecule has 0 bridgehead atoms. The smallest absolute Gasteiger partial charge is 0.307 e. The summed E-state index contributed by atoms with van der Waals surface area (Å²) in [6, 6.07) is 10.7. The molecule has 3 heteroatoms. The van der Waals surface area contributed by atoms with E-state index in [0.29, 0.717) is 12.6 Å². The van der Waals surface area contributed by atoms with Crippen molar-refractivity contribution in [3.05, 3.63) is 35.9 Å². The first kappa shape index (κ1) is 12.1. The van der Waals surface area contributed by atoms with Gasteiger partial charge in [0.1, 0.15) is 0 Å². The van der Waals surface area contributed by atoms with Gasteiger partial charge in [0.25, 0.3) is 0 Å². The van der Waals surface area contributed by atoms with Crippen molar-refractivity contribution >= 4 is 5.97 Å². The fourth-order valence-corrected chi connectivity index (χ4v) is 2.65. The van der Waals surface area contributed by atoms with E-state index in [0.717, 1.165) is 19.4 Å². The second-order valence-electron chi connectivity index (χ2n) is 4.65. The van der Waals surface area contributed by atoms with Crippen LogP contribution >= 0.6 is 0 Å². The molecule has 3 nitrogen and oxygen atoms in total. The minimum absolute atomic E-state index is 0.187. The van der Waals surface area contributed by atoms with Crippen LogP contribution in [0.1, 0.15) is 31.4 Å². The Labute approximate surface area is 102 Å². The fraction of sp³-hybridized carbons (Fsp3) is 0.500. The molecule has 1 fully saturated rings. The van der Waals surface area contributed by atoms with Gasteiger partial charge in [0.2, 0.25) is 0 Å². The lowest BCUT2D eigenvalue weighted by molar-refractivity contribution is -0.141. The summed E-state index contributed by atoms with van der Waals surface area (Å²) in [4.78, 5) is 13.3. The Morgan fingerprint density at radius 1 is 1.47 bits per heavy atom. The van der Waals surface area contributed by atoms with Gasteiger partial charge in [0.05, 0.1) is 5.92 Å². The molecule has 0 aromatic heterocycles. The molecular weight excluding hydrogens is 214 g/mol. The second-order valence-corrected chi connectivity index (χ2v) is 4.65. The zero-order chi connectivity index (χ0) is 12.3. The first-order valence-electron chi connectivity index (χ1n) is 6.24. The van der Waals surface area contributed by atoms with E-state index in [1.807, 2.05) is 18.2 Å². The number of carboxylic acid groups (broad SMARTS) is 1. The van der Waals surface area contributed by atoms with Crippen molar-refractivity contribution in [1.82, 2.24) is 4.90 Å². The summed E-state index contributed by atoms with van der Waals surface area (Å²) >= 11 is 0. The molecular formula is C14H19NO2. The van der Waals surface area contributed by atoms with Crippen LogP contribution in [0.25, 0.3) is 0 Å². The van der Waals surface area contributed by atoms with E-state index in [9.17, 15) is 4.79 Å². The third-order valence-electron chi connectivity index (χ3n) is 3.58. The molecule has 1 aliphatic heterocycles. The van der Waals surface area contributed by atoms with E-state index in [4.69, 9.17) is 5.11 Å². The Morgan fingerprint density at radius 2 is 2.18 bits per heavy atom. The maximum atomic E-state index is 11.0. The van der Waals surface area contributed by atoms with Gasteiger partial charge in [-0.1, -0.05) is 37.3 Å². The third-order valence-corrected chi connectivity index (χ3v) is 3.58. The Balaban J connectivity index is 2.08. The molecule has 17 heavy (non-hydrogen) atoms. The quantitative estimate of drug-likeness (QED) is 0.868. The van der Waals surface area contributed by atoms with Crippen LogP contribution in [0.5, 0.6) is 0 Å². The molecule has 92 valence electrons. The number of aliphatic carboxylic acids is 1. The molecule has 1 aliphatic rings. The number of hydrogen-bond acceptors (Lipinski definition) is 2. The summed E-state index contributed by atoms with van der Waals surface area (Å²) in [7, 11) is 0. The van der Waals surface area contributed by atoms with E-state index in [-0.39, 0.29) is 5.92 Å². The normalized spacial score (nSPS) is 22.5. The van der Waals surface area contributed by atoms with Crippen molar-refractivity contribution in [2.24, 2.45) is 5.92 Å². The van der Waals surface area contributed by atoms with E-state index < -0.39 is 5.97 Å². The van der Waals surface area contributed by atoms with Crippen LogP contribution in [0, 0.1) is 5.92 Å². The zero-order valence-corrected chi connectivity index (χ0v) is 10.2. The fourth-order valence-electron chi connectivity index (χ4n) is 2.65. The van der Waals surface area contributed by atoms with Crippen LogP contribution in [0.3, 0.4) is 0 Å². The van der Waals surface area contributed by atoms with Crippen molar-refractivity contribution in [2.75, 3.05) is 13.1 Å². The number of hydrogen-bond donors (Lipinski definition) is 1. The Hall–Kier alpha value is -1.35. The summed E-state index contributed by atoms with van der Waals surface area (Å²) in [5.74, 6) is -0.844. The summed E-state index contributed by atoms with van der Waals surface area (Å²) < 4.78 is 0. The Morgan fingerprint density at radius 3 is 2.71 bits per heavy atom. The topological polar surface area (TPSA) is 40.5 Å². The molecule has 1 heterocycles. The van der Waals surface area contributed by atoms with Crippen LogP contribution < -0.4 is 0 Å². The molecule has 0 saturated carbocycles. The molecule has 1 saturated heterocycles. The molecule has 0 radical (unpaired) electrons. The van der Waals surface area contributed by atoms with Gasteiger partial charge >= 0.3 is 5.97 Å². The number of nitrogens with zero attached hydrogens (tertiary/aromatic N) is 1. The molecule has 2 rings (SSSR count). The average Bonchev–Trinajstić information content (AvgIpc) is 2.81. The van der Waals surface area contributed by atoms with Crippen molar-refractivity contribution in [3.63, 3.8) is 0 Å².